The zero-order chi connectivity index (χ0) is 9.23. The summed E-state index contributed by atoms with van der Waals surface area (Å²) < 4.78 is 9.66. The SMILES string of the molecule is CCOC(=O)CCCOCCO. The molecule has 0 amide bonds. The highest BCUT2D eigenvalue weighted by Gasteiger charge is 1.99. The maximum Gasteiger partial charge on any atom is 0.305 e. The van der Waals surface area contributed by atoms with Crippen LogP contribution in [0.25, 0.3) is 0 Å². The average molecular weight is 176 g/mol. The Morgan fingerprint density at radius 2 is 2.17 bits per heavy atom. The lowest BCUT2D eigenvalue weighted by atomic mass is 10.3. The van der Waals surface area contributed by atoms with Crippen molar-refractivity contribution in [2.24, 2.45) is 0 Å². The third-order valence-electron chi connectivity index (χ3n) is 1.21. The van der Waals surface area contributed by atoms with Gasteiger partial charge in [-0.15, -0.1) is 0 Å². The molecule has 0 fully saturated rings. The maximum atomic E-state index is 10.7. The van der Waals surface area contributed by atoms with Gasteiger partial charge in [0.1, 0.15) is 0 Å². The molecule has 0 aliphatic heterocycles. The summed E-state index contributed by atoms with van der Waals surface area (Å²) in [6.07, 6.45) is 1.04. The fourth-order valence-electron chi connectivity index (χ4n) is 0.718. The summed E-state index contributed by atoms with van der Waals surface area (Å²) >= 11 is 0. The quantitative estimate of drug-likeness (QED) is 0.449. The lowest BCUT2D eigenvalue weighted by Crippen LogP contribution is -2.06. The molecule has 72 valence electrons. The highest BCUT2D eigenvalue weighted by molar-refractivity contribution is 5.69. The van der Waals surface area contributed by atoms with Crippen molar-refractivity contribution in [3.05, 3.63) is 0 Å². The molecule has 0 saturated carbocycles. The second-order valence-electron chi connectivity index (χ2n) is 2.24. The van der Waals surface area contributed by atoms with Gasteiger partial charge in [-0.1, -0.05) is 0 Å². The number of carbonyl (C=O) groups excluding carboxylic acids is 1. The first-order valence-electron chi connectivity index (χ1n) is 4.15. The number of aliphatic hydroxyl groups excluding tert-OH is 1. The summed E-state index contributed by atoms with van der Waals surface area (Å²) in [4.78, 5) is 10.7. The Morgan fingerprint density at radius 3 is 2.75 bits per heavy atom. The predicted octanol–water partition coefficient (Wildman–Crippen LogP) is 0.339. The molecule has 0 aromatic carbocycles. The number of rotatable bonds is 7. The summed E-state index contributed by atoms with van der Waals surface area (Å²) in [5.41, 5.74) is 0. The molecule has 1 N–H and O–H groups in total. The van der Waals surface area contributed by atoms with Gasteiger partial charge in [0.15, 0.2) is 0 Å². The zero-order valence-corrected chi connectivity index (χ0v) is 7.41. The van der Waals surface area contributed by atoms with Gasteiger partial charge in [0.2, 0.25) is 0 Å². The summed E-state index contributed by atoms with van der Waals surface area (Å²) in [6, 6.07) is 0. The van der Waals surface area contributed by atoms with Crippen LogP contribution in [0.15, 0.2) is 0 Å². The zero-order valence-electron chi connectivity index (χ0n) is 7.41. The van der Waals surface area contributed by atoms with Crippen LogP contribution in [0.2, 0.25) is 0 Å². The molecule has 0 aliphatic rings. The van der Waals surface area contributed by atoms with Gasteiger partial charge in [-0.25, -0.2) is 0 Å². The predicted molar refractivity (Wildman–Crippen MR) is 43.8 cm³/mol. The molecule has 0 aromatic rings. The molecule has 0 aliphatic carbocycles. The fraction of sp³-hybridized carbons (Fsp3) is 0.875. The Hall–Kier alpha value is -0.610. The van der Waals surface area contributed by atoms with Crippen molar-refractivity contribution in [1.82, 2.24) is 0 Å². The van der Waals surface area contributed by atoms with Gasteiger partial charge in [-0.2, -0.15) is 0 Å². The van der Waals surface area contributed by atoms with Gasteiger partial charge < -0.3 is 14.6 Å². The van der Waals surface area contributed by atoms with Crippen LogP contribution < -0.4 is 0 Å². The van der Waals surface area contributed by atoms with Crippen LogP contribution in [0.1, 0.15) is 19.8 Å². The number of hydrogen-bond acceptors (Lipinski definition) is 4. The molecule has 0 heterocycles. The number of hydrogen-bond donors (Lipinski definition) is 1. The molecular formula is C8H16O4. The fourth-order valence-corrected chi connectivity index (χ4v) is 0.718. The minimum Gasteiger partial charge on any atom is -0.466 e. The Balaban J connectivity index is 3.03. The lowest BCUT2D eigenvalue weighted by molar-refractivity contribution is -0.143. The summed E-state index contributed by atoms with van der Waals surface area (Å²) in [6.45, 7) is 3.07. The number of esters is 1. The van der Waals surface area contributed by atoms with E-state index in [1.54, 1.807) is 6.92 Å². The van der Waals surface area contributed by atoms with Gasteiger partial charge >= 0.3 is 5.97 Å². The van der Waals surface area contributed by atoms with Gasteiger partial charge in [-0.05, 0) is 13.3 Å². The Labute approximate surface area is 72.5 Å². The Bertz CT molecular complexity index is 114. The molecular weight excluding hydrogens is 160 g/mol. The molecule has 0 saturated heterocycles. The van der Waals surface area contributed by atoms with E-state index in [9.17, 15) is 4.79 Å². The molecule has 4 heteroatoms. The van der Waals surface area contributed by atoms with Crippen LogP contribution in [-0.4, -0.2) is 37.5 Å². The highest BCUT2D eigenvalue weighted by atomic mass is 16.5. The minimum atomic E-state index is -0.190. The largest absolute Gasteiger partial charge is 0.466 e. The molecule has 0 aromatic heterocycles. The first kappa shape index (κ1) is 11.4. The second-order valence-corrected chi connectivity index (χ2v) is 2.24. The minimum absolute atomic E-state index is 0.0272. The van der Waals surface area contributed by atoms with Gasteiger partial charge in [0, 0.05) is 13.0 Å². The Morgan fingerprint density at radius 1 is 1.42 bits per heavy atom. The van der Waals surface area contributed by atoms with E-state index in [1.165, 1.54) is 0 Å². The first-order valence-corrected chi connectivity index (χ1v) is 4.15. The van der Waals surface area contributed by atoms with Crippen molar-refractivity contribution in [1.29, 1.82) is 0 Å². The van der Waals surface area contributed by atoms with E-state index in [2.05, 4.69) is 0 Å². The standard InChI is InChI=1S/C8H16O4/c1-2-12-8(10)4-3-6-11-7-5-9/h9H,2-7H2,1H3. The molecule has 0 atom stereocenters. The van der Waals surface area contributed by atoms with Crippen LogP contribution >= 0.6 is 0 Å². The van der Waals surface area contributed by atoms with Gasteiger partial charge in [0.05, 0.1) is 19.8 Å². The molecule has 0 radical (unpaired) electrons. The smallest absolute Gasteiger partial charge is 0.305 e. The van der Waals surface area contributed by atoms with E-state index in [1.807, 2.05) is 0 Å². The topological polar surface area (TPSA) is 55.8 Å². The molecule has 0 bridgehead atoms. The molecule has 0 spiro atoms. The van der Waals surface area contributed by atoms with Gasteiger partial charge in [0.25, 0.3) is 0 Å². The van der Waals surface area contributed by atoms with Crippen molar-refractivity contribution in [2.45, 2.75) is 19.8 Å². The highest BCUT2D eigenvalue weighted by Crippen LogP contribution is 1.93. The number of ether oxygens (including phenoxy) is 2. The Kier molecular flexibility index (Phi) is 8.05. The van der Waals surface area contributed by atoms with E-state index in [-0.39, 0.29) is 12.6 Å². The van der Waals surface area contributed by atoms with Crippen molar-refractivity contribution in [2.75, 3.05) is 26.4 Å². The van der Waals surface area contributed by atoms with E-state index < -0.39 is 0 Å². The third-order valence-corrected chi connectivity index (χ3v) is 1.21. The van der Waals surface area contributed by atoms with Crippen LogP contribution in [0.5, 0.6) is 0 Å². The number of aliphatic hydroxyl groups is 1. The van der Waals surface area contributed by atoms with Crippen LogP contribution in [0.3, 0.4) is 0 Å². The summed E-state index contributed by atoms with van der Waals surface area (Å²) in [5, 5.41) is 8.34. The summed E-state index contributed by atoms with van der Waals surface area (Å²) in [5.74, 6) is -0.190. The molecule has 0 rings (SSSR count). The molecule has 0 unspecified atom stereocenters. The third kappa shape index (κ3) is 7.50. The van der Waals surface area contributed by atoms with Crippen LogP contribution in [-0.2, 0) is 14.3 Å². The van der Waals surface area contributed by atoms with Crippen molar-refractivity contribution in [3.63, 3.8) is 0 Å². The van der Waals surface area contributed by atoms with Crippen molar-refractivity contribution < 1.29 is 19.4 Å². The van der Waals surface area contributed by atoms with Crippen LogP contribution in [0.4, 0.5) is 0 Å². The van der Waals surface area contributed by atoms with E-state index >= 15 is 0 Å². The monoisotopic (exact) mass is 176 g/mol. The lowest BCUT2D eigenvalue weighted by Gasteiger charge is -2.02. The van der Waals surface area contributed by atoms with E-state index in [0.29, 0.717) is 32.7 Å². The van der Waals surface area contributed by atoms with Gasteiger partial charge in [-0.3, -0.25) is 4.79 Å². The molecule has 4 nitrogen and oxygen atoms in total. The molecule has 12 heavy (non-hydrogen) atoms. The average Bonchev–Trinajstić information content (AvgIpc) is 2.05. The normalized spacial score (nSPS) is 9.83. The second kappa shape index (κ2) is 8.49. The van der Waals surface area contributed by atoms with E-state index in [4.69, 9.17) is 14.6 Å². The van der Waals surface area contributed by atoms with Crippen LogP contribution in [0, 0.1) is 0 Å². The number of carbonyl (C=O) groups is 1. The summed E-state index contributed by atoms with van der Waals surface area (Å²) in [7, 11) is 0. The first-order chi connectivity index (χ1) is 5.81. The van der Waals surface area contributed by atoms with Crippen molar-refractivity contribution in [3.8, 4) is 0 Å². The van der Waals surface area contributed by atoms with Crippen molar-refractivity contribution >= 4 is 5.97 Å². The van der Waals surface area contributed by atoms with E-state index in [0.717, 1.165) is 0 Å². The maximum absolute atomic E-state index is 10.7.